The van der Waals surface area contributed by atoms with Gasteiger partial charge in [-0.05, 0) is 79.6 Å². The van der Waals surface area contributed by atoms with Crippen LogP contribution in [0.5, 0.6) is 0 Å². The van der Waals surface area contributed by atoms with E-state index >= 15 is 0 Å². The van der Waals surface area contributed by atoms with Crippen molar-refractivity contribution in [2.75, 3.05) is 15.4 Å². The van der Waals surface area contributed by atoms with Crippen LogP contribution in [0.15, 0.2) is 71.6 Å². The summed E-state index contributed by atoms with van der Waals surface area (Å²) in [5.74, 6) is -0.488. The predicted molar refractivity (Wildman–Crippen MR) is 136 cm³/mol. The van der Waals surface area contributed by atoms with E-state index in [2.05, 4.69) is 15.4 Å². The summed E-state index contributed by atoms with van der Waals surface area (Å²) < 4.78 is 27.9. The molecule has 0 aliphatic rings. The fraction of sp³-hybridized carbons (Fsp3) is 0.231. The van der Waals surface area contributed by atoms with E-state index in [1.807, 2.05) is 34.6 Å². The van der Waals surface area contributed by atoms with Gasteiger partial charge in [0.15, 0.2) is 0 Å². The van der Waals surface area contributed by atoms with Crippen LogP contribution >= 0.6 is 0 Å². The van der Waals surface area contributed by atoms with Crippen LogP contribution in [0.2, 0.25) is 0 Å². The number of rotatable bonds is 6. The number of carbonyl (C=O) groups excluding carboxylic acids is 2. The summed E-state index contributed by atoms with van der Waals surface area (Å²) in [5, 5.41) is 5.62. The molecule has 8 heteroatoms. The van der Waals surface area contributed by atoms with Crippen molar-refractivity contribution in [1.82, 2.24) is 0 Å². The van der Waals surface area contributed by atoms with E-state index in [0.29, 0.717) is 22.6 Å². The minimum atomic E-state index is -3.74. The lowest BCUT2D eigenvalue weighted by Gasteiger charge is -2.18. The van der Waals surface area contributed by atoms with E-state index in [-0.39, 0.29) is 16.7 Å². The van der Waals surface area contributed by atoms with Crippen molar-refractivity contribution < 1.29 is 18.0 Å². The molecule has 3 aromatic rings. The molecule has 0 spiro atoms. The zero-order chi connectivity index (χ0) is 25.1. The summed E-state index contributed by atoms with van der Waals surface area (Å²) in [5.41, 5.74) is 3.17. The lowest BCUT2D eigenvalue weighted by atomic mass is 9.95. The Morgan fingerprint density at radius 3 is 1.94 bits per heavy atom. The third-order valence-electron chi connectivity index (χ3n) is 5.25. The first-order valence-electron chi connectivity index (χ1n) is 10.8. The van der Waals surface area contributed by atoms with Gasteiger partial charge in [0.2, 0.25) is 5.91 Å². The van der Waals surface area contributed by atoms with Crippen LogP contribution in [-0.2, 0) is 14.8 Å². The Morgan fingerprint density at radius 2 is 1.35 bits per heavy atom. The predicted octanol–water partition coefficient (Wildman–Crippen LogP) is 5.34. The molecule has 0 aliphatic carbocycles. The third kappa shape index (κ3) is 6.23. The van der Waals surface area contributed by atoms with Gasteiger partial charge in [-0.15, -0.1) is 0 Å². The second-order valence-electron chi connectivity index (χ2n) is 9.17. The average molecular weight is 480 g/mol. The van der Waals surface area contributed by atoms with Crippen LogP contribution in [0, 0.1) is 19.3 Å². The molecule has 34 heavy (non-hydrogen) atoms. The molecule has 0 fully saturated rings. The quantitative estimate of drug-likeness (QED) is 0.444. The first-order chi connectivity index (χ1) is 15.8. The summed E-state index contributed by atoms with van der Waals surface area (Å²) in [4.78, 5) is 25.0. The van der Waals surface area contributed by atoms with Gasteiger partial charge in [0.25, 0.3) is 15.9 Å². The number of carbonyl (C=O) groups is 2. The molecule has 0 heterocycles. The number of anilines is 3. The van der Waals surface area contributed by atoms with Gasteiger partial charge in [0.1, 0.15) is 0 Å². The van der Waals surface area contributed by atoms with Gasteiger partial charge in [-0.2, -0.15) is 0 Å². The molecule has 0 atom stereocenters. The van der Waals surface area contributed by atoms with Gasteiger partial charge in [-0.25, -0.2) is 8.42 Å². The van der Waals surface area contributed by atoms with Crippen molar-refractivity contribution in [2.24, 2.45) is 5.41 Å². The number of sulfonamides is 1. The second kappa shape index (κ2) is 9.69. The Kier molecular flexibility index (Phi) is 7.12. The number of benzene rings is 3. The molecule has 7 nitrogen and oxygen atoms in total. The molecule has 0 unspecified atom stereocenters. The van der Waals surface area contributed by atoms with Gasteiger partial charge in [-0.3, -0.25) is 14.3 Å². The maximum atomic E-state index is 12.7. The number of hydrogen-bond donors (Lipinski definition) is 3. The summed E-state index contributed by atoms with van der Waals surface area (Å²) in [6.07, 6.45) is 0. The van der Waals surface area contributed by atoms with Crippen molar-refractivity contribution in [3.8, 4) is 0 Å². The zero-order valence-corrected chi connectivity index (χ0v) is 20.7. The minimum absolute atomic E-state index is 0.130. The van der Waals surface area contributed by atoms with Gasteiger partial charge >= 0.3 is 0 Å². The summed E-state index contributed by atoms with van der Waals surface area (Å²) in [6, 6.07) is 18.0. The van der Waals surface area contributed by atoms with Crippen LogP contribution in [0.1, 0.15) is 42.3 Å². The Morgan fingerprint density at radius 1 is 0.735 bits per heavy atom. The molecule has 178 valence electrons. The molecular weight excluding hydrogens is 450 g/mol. The second-order valence-corrected chi connectivity index (χ2v) is 10.9. The highest BCUT2D eigenvalue weighted by atomic mass is 32.2. The summed E-state index contributed by atoms with van der Waals surface area (Å²) in [7, 11) is -3.74. The first kappa shape index (κ1) is 25.0. The Balaban J connectivity index is 1.68. The first-order valence-corrected chi connectivity index (χ1v) is 12.3. The van der Waals surface area contributed by atoms with Crippen LogP contribution in [0.4, 0.5) is 17.1 Å². The van der Waals surface area contributed by atoms with E-state index in [1.165, 1.54) is 12.1 Å². The smallest absolute Gasteiger partial charge is 0.261 e. The van der Waals surface area contributed by atoms with Crippen molar-refractivity contribution in [1.29, 1.82) is 0 Å². The fourth-order valence-electron chi connectivity index (χ4n) is 2.98. The lowest BCUT2D eigenvalue weighted by molar-refractivity contribution is -0.123. The lowest BCUT2D eigenvalue weighted by Crippen LogP contribution is -2.27. The van der Waals surface area contributed by atoms with Gasteiger partial charge in [-0.1, -0.05) is 32.9 Å². The Hall–Kier alpha value is -3.65. The number of aryl methyl sites for hydroxylation is 2. The van der Waals surface area contributed by atoms with Crippen LogP contribution in [0.3, 0.4) is 0 Å². The minimum Gasteiger partial charge on any atom is -0.326 e. The number of hydrogen-bond acceptors (Lipinski definition) is 4. The molecule has 0 aromatic heterocycles. The molecule has 2 amide bonds. The van der Waals surface area contributed by atoms with Crippen LogP contribution < -0.4 is 15.4 Å². The van der Waals surface area contributed by atoms with E-state index in [1.54, 1.807) is 54.6 Å². The molecular formula is C26H29N3O4S. The van der Waals surface area contributed by atoms with E-state index in [0.717, 1.165) is 11.1 Å². The maximum absolute atomic E-state index is 12.7. The highest BCUT2D eigenvalue weighted by molar-refractivity contribution is 7.92. The molecule has 0 saturated heterocycles. The van der Waals surface area contributed by atoms with E-state index in [9.17, 15) is 18.0 Å². The highest BCUT2D eigenvalue weighted by Gasteiger charge is 2.21. The topological polar surface area (TPSA) is 104 Å². The maximum Gasteiger partial charge on any atom is 0.261 e. The highest BCUT2D eigenvalue weighted by Crippen LogP contribution is 2.22. The molecule has 0 bridgehead atoms. The van der Waals surface area contributed by atoms with Crippen molar-refractivity contribution in [3.05, 3.63) is 83.4 Å². The molecule has 0 saturated carbocycles. The van der Waals surface area contributed by atoms with Crippen molar-refractivity contribution >= 4 is 38.9 Å². The van der Waals surface area contributed by atoms with E-state index in [4.69, 9.17) is 0 Å². The number of nitrogens with one attached hydrogen (secondary N) is 3. The number of amides is 2. The van der Waals surface area contributed by atoms with Crippen LogP contribution in [-0.4, -0.2) is 20.2 Å². The SMILES string of the molecule is Cc1ccc(S(=O)(=O)Nc2ccc(C(=O)Nc3cccc(NC(=O)C(C)(C)C)c3)cc2)cc1C. The molecule has 0 aliphatic heterocycles. The monoisotopic (exact) mass is 479 g/mol. The molecule has 3 aromatic carbocycles. The molecule has 0 radical (unpaired) electrons. The van der Waals surface area contributed by atoms with Crippen LogP contribution in [0.25, 0.3) is 0 Å². The standard InChI is InChI=1S/C26H29N3O4S/c1-17-9-14-23(15-18(17)2)34(32,33)29-20-12-10-19(11-13-20)24(30)27-21-7-6-8-22(16-21)28-25(31)26(3,4)5/h6-16,29H,1-5H3,(H,27,30)(H,28,31). The largest absolute Gasteiger partial charge is 0.326 e. The van der Waals surface area contributed by atoms with Gasteiger partial charge in [0.05, 0.1) is 4.90 Å². The van der Waals surface area contributed by atoms with Crippen molar-refractivity contribution in [2.45, 2.75) is 39.5 Å². The Bertz CT molecular complexity index is 1320. The summed E-state index contributed by atoms with van der Waals surface area (Å²) >= 11 is 0. The normalized spacial score (nSPS) is 11.6. The van der Waals surface area contributed by atoms with Gasteiger partial charge < -0.3 is 10.6 Å². The summed E-state index contributed by atoms with van der Waals surface area (Å²) in [6.45, 7) is 9.23. The van der Waals surface area contributed by atoms with Crippen molar-refractivity contribution in [3.63, 3.8) is 0 Å². The fourth-order valence-corrected chi connectivity index (χ4v) is 4.12. The Labute approximate surface area is 200 Å². The molecule has 3 rings (SSSR count). The van der Waals surface area contributed by atoms with E-state index < -0.39 is 15.4 Å². The van der Waals surface area contributed by atoms with Gasteiger partial charge in [0, 0.05) is 28.0 Å². The average Bonchev–Trinajstić information content (AvgIpc) is 2.75. The molecule has 3 N–H and O–H groups in total. The zero-order valence-electron chi connectivity index (χ0n) is 19.9. The third-order valence-corrected chi connectivity index (χ3v) is 6.63.